The van der Waals surface area contributed by atoms with Gasteiger partial charge in [-0.3, -0.25) is 4.79 Å². The summed E-state index contributed by atoms with van der Waals surface area (Å²) in [6.45, 7) is 0. The highest BCUT2D eigenvalue weighted by Gasteiger charge is 2.15. The van der Waals surface area contributed by atoms with Gasteiger partial charge in [-0.1, -0.05) is 12.1 Å². The fourth-order valence-corrected chi connectivity index (χ4v) is 2.17. The monoisotopic (exact) mass is 313 g/mol. The van der Waals surface area contributed by atoms with Crippen LogP contribution in [0.4, 0.5) is 10.1 Å². The SMILES string of the molecule is COc1cccc2cc(C(=O)Nc3ccc(F)cc3)c(=O)oc12. The van der Waals surface area contributed by atoms with Crippen molar-refractivity contribution in [3.8, 4) is 5.75 Å². The zero-order valence-corrected chi connectivity index (χ0v) is 12.1. The van der Waals surface area contributed by atoms with Crippen molar-refractivity contribution in [2.45, 2.75) is 0 Å². The smallest absolute Gasteiger partial charge is 0.349 e. The van der Waals surface area contributed by atoms with Crippen LogP contribution in [0.1, 0.15) is 10.4 Å². The van der Waals surface area contributed by atoms with Gasteiger partial charge in [0.15, 0.2) is 11.3 Å². The first-order chi connectivity index (χ1) is 11.1. The lowest BCUT2D eigenvalue weighted by Gasteiger charge is -2.07. The maximum Gasteiger partial charge on any atom is 0.349 e. The molecule has 1 N–H and O–H groups in total. The quantitative estimate of drug-likeness (QED) is 0.754. The number of rotatable bonds is 3. The van der Waals surface area contributed by atoms with E-state index in [1.165, 1.54) is 37.4 Å². The van der Waals surface area contributed by atoms with Gasteiger partial charge in [0, 0.05) is 11.1 Å². The Bertz CT molecular complexity index is 931. The molecular formula is C17H12FNO4. The van der Waals surface area contributed by atoms with Crippen molar-refractivity contribution in [3.63, 3.8) is 0 Å². The summed E-state index contributed by atoms with van der Waals surface area (Å²) in [6.07, 6.45) is 0. The molecule has 6 heteroatoms. The average Bonchev–Trinajstić information content (AvgIpc) is 2.55. The van der Waals surface area contributed by atoms with E-state index in [2.05, 4.69) is 5.32 Å². The van der Waals surface area contributed by atoms with Gasteiger partial charge in [-0.15, -0.1) is 0 Å². The van der Waals surface area contributed by atoms with Crippen molar-refractivity contribution in [2.75, 3.05) is 12.4 Å². The second-order valence-corrected chi connectivity index (χ2v) is 4.79. The van der Waals surface area contributed by atoms with E-state index in [1.54, 1.807) is 18.2 Å². The summed E-state index contributed by atoms with van der Waals surface area (Å²) in [6, 6.07) is 11.7. The van der Waals surface area contributed by atoms with Gasteiger partial charge in [-0.2, -0.15) is 0 Å². The lowest BCUT2D eigenvalue weighted by molar-refractivity contribution is 0.102. The molecule has 1 aromatic heterocycles. The largest absolute Gasteiger partial charge is 0.493 e. The first-order valence-corrected chi connectivity index (χ1v) is 6.76. The van der Waals surface area contributed by atoms with Crippen molar-refractivity contribution in [3.05, 3.63) is 70.3 Å². The Labute approximate surface area is 130 Å². The summed E-state index contributed by atoms with van der Waals surface area (Å²) >= 11 is 0. The molecule has 0 saturated carbocycles. The minimum atomic E-state index is -0.776. The minimum Gasteiger partial charge on any atom is -0.493 e. The number of hydrogen-bond donors (Lipinski definition) is 1. The number of carbonyl (C=O) groups is 1. The molecule has 0 bridgehead atoms. The fourth-order valence-electron chi connectivity index (χ4n) is 2.17. The normalized spacial score (nSPS) is 10.5. The molecule has 23 heavy (non-hydrogen) atoms. The van der Waals surface area contributed by atoms with E-state index in [0.29, 0.717) is 16.8 Å². The molecule has 0 aliphatic rings. The van der Waals surface area contributed by atoms with Gasteiger partial charge in [0.05, 0.1) is 7.11 Å². The number of anilines is 1. The molecule has 0 atom stereocenters. The van der Waals surface area contributed by atoms with E-state index in [0.717, 1.165) is 0 Å². The number of fused-ring (bicyclic) bond motifs is 1. The third-order valence-electron chi connectivity index (χ3n) is 3.29. The Morgan fingerprint density at radius 3 is 2.61 bits per heavy atom. The maximum atomic E-state index is 12.9. The highest BCUT2D eigenvalue weighted by Crippen LogP contribution is 2.24. The minimum absolute atomic E-state index is 0.143. The van der Waals surface area contributed by atoms with E-state index in [9.17, 15) is 14.0 Å². The number of methoxy groups -OCH3 is 1. The van der Waals surface area contributed by atoms with Crippen LogP contribution >= 0.6 is 0 Å². The van der Waals surface area contributed by atoms with E-state index < -0.39 is 17.3 Å². The molecule has 116 valence electrons. The highest BCUT2D eigenvalue weighted by molar-refractivity contribution is 6.05. The molecule has 0 spiro atoms. The Kier molecular flexibility index (Phi) is 3.80. The molecule has 0 saturated heterocycles. The van der Waals surface area contributed by atoms with Gasteiger partial charge in [0.1, 0.15) is 11.4 Å². The van der Waals surface area contributed by atoms with Crippen molar-refractivity contribution in [1.82, 2.24) is 0 Å². The van der Waals surface area contributed by atoms with Gasteiger partial charge in [-0.25, -0.2) is 9.18 Å². The Morgan fingerprint density at radius 1 is 1.17 bits per heavy atom. The predicted molar refractivity (Wildman–Crippen MR) is 83.4 cm³/mol. The summed E-state index contributed by atoms with van der Waals surface area (Å²) < 4.78 is 23.2. The van der Waals surface area contributed by atoms with Crippen LogP contribution < -0.4 is 15.7 Å². The molecule has 0 fully saturated rings. The molecule has 5 nitrogen and oxygen atoms in total. The summed E-state index contributed by atoms with van der Waals surface area (Å²) in [4.78, 5) is 24.3. The molecule has 0 aliphatic carbocycles. The van der Waals surface area contributed by atoms with E-state index >= 15 is 0 Å². The van der Waals surface area contributed by atoms with Gasteiger partial charge in [0.25, 0.3) is 5.91 Å². The van der Waals surface area contributed by atoms with Gasteiger partial charge < -0.3 is 14.5 Å². The summed E-state index contributed by atoms with van der Waals surface area (Å²) in [5, 5.41) is 3.09. The highest BCUT2D eigenvalue weighted by atomic mass is 19.1. The first-order valence-electron chi connectivity index (χ1n) is 6.76. The van der Waals surface area contributed by atoms with Gasteiger partial charge >= 0.3 is 5.63 Å². The number of hydrogen-bond acceptors (Lipinski definition) is 4. The third kappa shape index (κ3) is 2.91. The second kappa shape index (κ2) is 5.92. The van der Waals surface area contributed by atoms with Crippen LogP contribution in [0.5, 0.6) is 5.75 Å². The molecule has 3 rings (SSSR count). The molecule has 1 heterocycles. The standard InChI is InChI=1S/C17H12FNO4/c1-22-14-4-2-3-10-9-13(17(21)23-15(10)14)16(20)19-12-7-5-11(18)6-8-12/h2-9H,1H3,(H,19,20). The Balaban J connectivity index is 1.99. The molecular weight excluding hydrogens is 301 g/mol. The molecule has 1 amide bonds. The number of amides is 1. The van der Waals surface area contributed by atoms with Crippen molar-refractivity contribution >= 4 is 22.6 Å². The van der Waals surface area contributed by atoms with Crippen molar-refractivity contribution in [1.29, 1.82) is 0 Å². The number of ether oxygens (including phenoxy) is 1. The lowest BCUT2D eigenvalue weighted by Crippen LogP contribution is -2.20. The third-order valence-corrected chi connectivity index (χ3v) is 3.29. The van der Waals surface area contributed by atoms with Crippen LogP contribution in [0.2, 0.25) is 0 Å². The number of nitrogens with one attached hydrogen (secondary N) is 1. The van der Waals surface area contributed by atoms with Crippen LogP contribution in [0.25, 0.3) is 11.0 Å². The number of para-hydroxylation sites is 1. The van der Waals surface area contributed by atoms with Crippen LogP contribution in [-0.4, -0.2) is 13.0 Å². The molecule has 0 unspecified atom stereocenters. The van der Waals surface area contributed by atoms with Crippen LogP contribution in [-0.2, 0) is 0 Å². The lowest BCUT2D eigenvalue weighted by atomic mass is 10.1. The zero-order chi connectivity index (χ0) is 16.4. The van der Waals surface area contributed by atoms with Crippen molar-refractivity contribution in [2.24, 2.45) is 0 Å². The zero-order valence-electron chi connectivity index (χ0n) is 12.1. The van der Waals surface area contributed by atoms with Crippen LogP contribution in [0.3, 0.4) is 0 Å². The van der Waals surface area contributed by atoms with Gasteiger partial charge in [-0.05, 0) is 36.4 Å². The Morgan fingerprint density at radius 2 is 1.91 bits per heavy atom. The van der Waals surface area contributed by atoms with E-state index in [-0.39, 0.29) is 11.1 Å². The van der Waals surface area contributed by atoms with E-state index in [1.807, 2.05) is 0 Å². The Hall–Kier alpha value is -3.15. The summed E-state index contributed by atoms with van der Waals surface area (Å²) in [5.41, 5.74) is -0.267. The molecule has 2 aromatic carbocycles. The van der Waals surface area contributed by atoms with E-state index in [4.69, 9.17) is 9.15 Å². The molecule has 0 radical (unpaired) electrons. The number of benzene rings is 2. The summed E-state index contributed by atoms with van der Waals surface area (Å²) in [7, 11) is 1.46. The predicted octanol–water partition coefficient (Wildman–Crippen LogP) is 3.19. The number of halogens is 1. The van der Waals surface area contributed by atoms with Gasteiger partial charge in [0.2, 0.25) is 0 Å². The first kappa shape index (κ1) is 14.8. The van der Waals surface area contributed by atoms with Crippen molar-refractivity contribution < 1.29 is 18.3 Å². The molecule has 3 aromatic rings. The maximum absolute atomic E-state index is 12.9. The summed E-state index contributed by atoms with van der Waals surface area (Å²) in [5.74, 6) is -0.638. The fraction of sp³-hybridized carbons (Fsp3) is 0.0588. The van der Waals surface area contributed by atoms with Crippen LogP contribution in [0, 0.1) is 5.82 Å². The molecule has 0 aliphatic heterocycles. The average molecular weight is 313 g/mol. The second-order valence-electron chi connectivity index (χ2n) is 4.79. The topological polar surface area (TPSA) is 68.5 Å². The van der Waals surface area contributed by atoms with Crippen LogP contribution in [0.15, 0.2) is 57.7 Å². The number of carbonyl (C=O) groups excluding carboxylic acids is 1.